The second kappa shape index (κ2) is 6.06. The molecule has 1 fully saturated rings. The van der Waals surface area contributed by atoms with Gasteiger partial charge in [0.15, 0.2) is 0 Å². The summed E-state index contributed by atoms with van der Waals surface area (Å²) in [5.41, 5.74) is 3.50. The van der Waals surface area contributed by atoms with Crippen LogP contribution < -0.4 is 5.32 Å². The lowest BCUT2D eigenvalue weighted by Crippen LogP contribution is -2.35. The minimum atomic E-state index is 0.0684. The number of rotatable bonds is 3. The predicted molar refractivity (Wildman–Crippen MR) is 95.3 cm³/mol. The number of carbonyl (C=O) groups is 2. The number of nitrogens with one attached hydrogen (secondary N) is 1. The predicted octanol–water partition coefficient (Wildman–Crippen LogP) is 3.60. The van der Waals surface area contributed by atoms with Gasteiger partial charge in [-0.25, -0.2) is 0 Å². The average molecular weight is 340 g/mol. The first kappa shape index (κ1) is 15.4. The Labute approximate surface area is 145 Å². The summed E-state index contributed by atoms with van der Waals surface area (Å²) >= 11 is 1.39. The van der Waals surface area contributed by atoms with E-state index in [4.69, 9.17) is 0 Å². The molecule has 2 aliphatic rings. The fraction of sp³-hybridized carbons (Fsp3) is 0.368. The van der Waals surface area contributed by atoms with Gasteiger partial charge >= 0.3 is 0 Å². The molecule has 1 N–H and O–H groups in total. The van der Waals surface area contributed by atoms with E-state index in [9.17, 15) is 9.59 Å². The van der Waals surface area contributed by atoms with E-state index in [1.807, 2.05) is 24.0 Å². The Morgan fingerprint density at radius 1 is 1.21 bits per heavy atom. The first-order valence-electron chi connectivity index (χ1n) is 8.39. The minimum absolute atomic E-state index is 0.0684. The lowest BCUT2D eigenvalue weighted by Gasteiger charge is -2.28. The first-order valence-corrected chi connectivity index (χ1v) is 9.21. The quantitative estimate of drug-likeness (QED) is 0.928. The van der Waals surface area contributed by atoms with Gasteiger partial charge in [0.1, 0.15) is 0 Å². The third-order valence-electron chi connectivity index (χ3n) is 4.72. The van der Waals surface area contributed by atoms with Crippen molar-refractivity contribution in [3.05, 3.63) is 51.9 Å². The Hall–Kier alpha value is -2.14. The number of hydrogen-bond donors (Lipinski definition) is 1. The average Bonchev–Trinajstić information content (AvgIpc) is 3.38. The summed E-state index contributed by atoms with van der Waals surface area (Å²) < 4.78 is 0. The van der Waals surface area contributed by atoms with Crippen molar-refractivity contribution < 1.29 is 9.59 Å². The molecule has 0 saturated heterocycles. The zero-order valence-electron chi connectivity index (χ0n) is 13.7. The van der Waals surface area contributed by atoms with Gasteiger partial charge < -0.3 is 10.2 Å². The number of carbonyl (C=O) groups excluding carboxylic acids is 2. The Kier molecular flexibility index (Phi) is 3.88. The van der Waals surface area contributed by atoms with E-state index in [1.54, 1.807) is 0 Å². The van der Waals surface area contributed by atoms with Gasteiger partial charge in [-0.2, -0.15) is 0 Å². The summed E-state index contributed by atoms with van der Waals surface area (Å²) in [6, 6.07) is 10.2. The smallest absolute Gasteiger partial charge is 0.264 e. The van der Waals surface area contributed by atoms with Gasteiger partial charge in [-0.1, -0.05) is 24.3 Å². The third-order valence-corrected chi connectivity index (χ3v) is 5.86. The van der Waals surface area contributed by atoms with Crippen LogP contribution in [0.15, 0.2) is 30.3 Å². The van der Waals surface area contributed by atoms with Crippen LogP contribution in [0.1, 0.15) is 39.2 Å². The lowest BCUT2D eigenvalue weighted by atomic mass is 10.00. The highest BCUT2D eigenvalue weighted by Gasteiger charge is 2.30. The van der Waals surface area contributed by atoms with Crippen molar-refractivity contribution in [3.63, 3.8) is 0 Å². The van der Waals surface area contributed by atoms with Crippen LogP contribution in [0.5, 0.6) is 0 Å². The van der Waals surface area contributed by atoms with E-state index < -0.39 is 0 Å². The Morgan fingerprint density at radius 3 is 2.71 bits per heavy atom. The van der Waals surface area contributed by atoms with Crippen LogP contribution in [0.2, 0.25) is 0 Å². The van der Waals surface area contributed by atoms with Crippen molar-refractivity contribution in [2.45, 2.75) is 32.7 Å². The topological polar surface area (TPSA) is 49.4 Å². The van der Waals surface area contributed by atoms with E-state index in [-0.39, 0.29) is 17.7 Å². The van der Waals surface area contributed by atoms with Crippen LogP contribution in [-0.4, -0.2) is 23.3 Å². The maximum Gasteiger partial charge on any atom is 0.264 e. The standard InChI is InChI=1S/C19H20N2O2S/c1-12-10-16(20-18(22)14-6-7-14)24-17(12)19(23)21-9-8-13-4-2-3-5-15(13)11-21/h2-5,10,14H,6-9,11H2,1H3,(H,20,22). The number of thiophene rings is 1. The molecule has 1 saturated carbocycles. The van der Waals surface area contributed by atoms with Crippen molar-refractivity contribution in [2.24, 2.45) is 5.92 Å². The Bertz CT molecular complexity index is 807. The van der Waals surface area contributed by atoms with Gasteiger partial charge in [0.05, 0.1) is 9.88 Å². The van der Waals surface area contributed by atoms with Gasteiger partial charge in [-0.15, -0.1) is 11.3 Å². The van der Waals surface area contributed by atoms with Crippen molar-refractivity contribution in [3.8, 4) is 0 Å². The molecule has 2 aromatic rings. The van der Waals surface area contributed by atoms with Crippen LogP contribution in [0.3, 0.4) is 0 Å². The van der Waals surface area contributed by atoms with Crippen LogP contribution >= 0.6 is 11.3 Å². The number of aryl methyl sites for hydroxylation is 1. The molecule has 1 aromatic carbocycles. The first-order chi connectivity index (χ1) is 11.6. The highest BCUT2D eigenvalue weighted by Crippen LogP contribution is 2.33. The molecule has 24 heavy (non-hydrogen) atoms. The second-order valence-corrected chi connectivity index (χ2v) is 7.68. The number of nitrogens with zero attached hydrogens (tertiary/aromatic N) is 1. The van der Waals surface area contributed by atoms with Crippen molar-refractivity contribution >= 4 is 28.2 Å². The van der Waals surface area contributed by atoms with Crippen LogP contribution in [-0.2, 0) is 17.8 Å². The minimum Gasteiger partial charge on any atom is -0.333 e. The highest BCUT2D eigenvalue weighted by atomic mass is 32.1. The summed E-state index contributed by atoms with van der Waals surface area (Å²) in [6.45, 7) is 3.35. The molecule has 0 bridgehead atoms. The molecule has 0 radical (unpaired) electrons. The molecule has 0 atom stereocenters. The monoisotopic (exact) mass is 340 g/mol. The van der Waals surface area contributed by atoms with E-state index in [0.717, 1.165) is 41.2 Å². The Balaban J connectivity index is 1.50. The second-order valence-electron chi connectivity index (χ2n) is 6.63. The lowest BCUT2D eigenvalue weighted by molar-refractivity contribution is -0.117. The molecular weight excluding hydrogens is 320 g/mol. The molecule has 4 rings (SSSR count). The van der Waals surface area contributed by atoms with Gasteiger partial charge in [-0.05, 0) is 48.9 Å². The Morgan fingerprint density at radius 2 is 1.96 bits per heavy atom. The van der Waals surface area contributed by atoms with Gasteiger partial charge in [0, 0.05) is 19.0 Å². The number of hydrogen-bond acceptors (Lipinski definition) is 3. The molecule has 1 aliphatic heterocycles. The van der Waals surface area contributed by atoms with Gasteiger partial charge in [0.25, 0.3) is 5.91 Å². The molecule has 2 amide bonds. The molecule has 2 heterocycles. The largest absolute Gasteiger partial charge is 0.333 e. The van der Waals surface area contributed by atoms with E-state index in [1.165, 1.54) is 22.5 Å². The van der Waals surface area contributed by atoms with E-state index in [0.29, 0.717) is 6.54 Å². The zero-order valence-corrected chi connectivity index (χ0v) is 14.5. The summed E-state index contributed by atoms with van der Waals surface area (Å²) in [4.78, 5) is 27.5. The fourth-order valence-corrected chi connectivity index (χ4v) is 4.18. The third kappa shape index (κ3) is 2.96. The summed E-state index contributed by atoms with van der Waals surface area (Å²) in [7, 11) is 0. The molecule has 5 heteroatoms. The molecule has 4 nitrogen and oxygen atoms in total. The van der Waals surface area contributed by atoms with Crippen molar-refractivity contribution in [2.75, 3.05) is 11.9 Å². The molecule has 1 aromatic heterocycles. The maximum atomic E-state index is 12.9. The fourth-order valence-electron chi connectivity index (χ4n) is 3.14. The highest BCUT2D eigenvalue weighted by molar-refractivity contribution is 7.18. The van der Waals surface area contributed by atoms with E-state index in [2.05, 4.69) is 23.5 Å². The molecule has 1 aliphatic carbocycles. The normalized spacial score (nSPS) is 16.6. The van der Waals surface area contributed by atoms with Crippen LogP contribution in [0.4, 0.5) is 5.00 Å². The molecule has 124 valence electrons. The summed E-state index contributed by atoms with van der Waals surface area (Å²) in [5, 5.41) is 3.73. The number of fused-ring (bicyclic) bond motifs is 1. The van der Waals surface area contributed by atoms with Gasteiger partial charge in [-0.3, -0.25) is 9.59 Å². The van der Waals surface area contributed by atoms with Crippen LogP contribution in [0.25, 0.3) is 0 Å². The van der Waals surface area contributed by atoms with E-state index >= 15 is 0 Å². The molecule has 0 unspecified atom stereocenters. The maximum absolute atomic E-state index is 12.9. The summed E-state index contributed by atoms with van der Waals surface area (Å²) in [5.74, 6) is 0.325. The SMILES string of the molecule is Cc1cc(NC(=O)C2CC2)sc1C(=O)N1CCc2ccccc2C1. The van der Waals surface area contributed by atoms with Crippen LogP contribution in [0, 0.1) is 12.8 Å². The molecule has 0 spiro atoms. The zero-order chi connectivity index (χ0) is 16.7. The molecular formula is C19H20N2O2S. The number of amides is 2. The number of benzene rings is 1. The number of anilines is 1. The summed E-state index contributed by atoms with van der Waals surface area (Å²) in [6.07, 6.45) is 2.86. The van der Waals surface area contributed by atoms with Crippen molar-refractivity contribution in [1.82, 2.24) is 4.90 Å². The van der Waals surface area contributed by atoms with Gasteiger partial charge in [0.2, 0.25) is 5.91 Å². The van der Waals surface area contributed by atoms with Crippen molar-refractivity contribution in [1.29, 1.82) is 0 Å².